The molecule has 3 aromatic rings. The van der Waals surface area contributed by atoms with E-state index >= 15 is 0 Å². The molecule has 122 valence electrons. The van der Waals surface area contributed by atoms with E-state index in [1.54, 1.807) is 17.5 Å². The second kappa shape index (κ2) is 6.76. The van der Waals surface area contributed by atoms with Crippen LogP contribution in [-0.4, -0.2) is 10.9 Å². The van der Waals surface area contributed by atoms with Crippen LogP contribution in [0.2, 0.25) is 0 Å². The lowest BCUT2D eigenvalue weighted by molar-refractivity contribution is -0.115. The van der Waals surface area contributed by atoms with Gasteiger partial charge in [0.1, 0.15) is 16.6 Å². The Morgan fingerprint density at radius 1 is 1.17 bits per heavy atom. The number of anilines is 2. The number of aromatic nitrogens is 1. The Morgan fingerprint density at radius 2 is 1.92 bits per heavy atom. The van der Waals surface area contributed by atoms with Gasteiger partial charge in [0, 0.05) is 22.7 Å². The molecule has 1 aromatic heterocycles. The van der Waals surface area contributed by atoms with Gasteiger partial charge < -0.3 is 11.1 Å². The van der Waals surface area contributed by atoms with Gasteiger partial charge in [-0.3, -0.25) is 4.79 Å². The lowest BCUT2D eigenvalue weighted by atomic mass is 10.2. The van der Waals surface area contributed by atoms with E-state index in [1.807, 2.05) is 12.1 Å². The Labute approximate surface area is 141 Å². The van der Waals surface area contributed by atoms with E-state index in [1.165, 1.54) is 11.3 Å². The van der Waals surface area contributed by atoms with Crippen molar-refractivity contribution >= 4 is 28.6 Å². The number of nitrogens with zero attached hydrogens (tertiary/aromatic N) is 1. The van der Waals surface area contributed by atoms with Crippen LogP contribution in [0.3, 0.4) is 0 Å². The topological polar surface area (TPSA) is 68.0 Å². The van der Waals surface area contributed by atoms with Crippen molar-refractivity contribution in [2.45, 2.75) is 6.42 Å². The van der Waals surface area contributed by atoms with E-state index in [0.29, 0.717) is 11.4 Å². The van der Waals surface area contributed by atoms with Crippen molar-refractivity contribution in [3.05, 3.63) is 65.2 Å². The molecule has 1 amide bonds. The number of amides is 1. The predicted molar refractivity (Wildman–Crippen MR) is 90.7 cm³/mol. The van der Waals surface area contributed by atoms with Crippen LogP contribution in [0, 0.1) is 11.6 Å². The lowest BCUT2D eigenvalue weighted by Gasteiger charge is -2.05. The molecule has 7 heteroatoms. The number of nitrogen functional groups attached to an aromatic ring is 1. The SMILES string of the molecule is Nc1ccc(-c2nc(CC(=O)Nc3cc(F)ccc3F)cs2)cc1. The van der Waals surface area contributed by atoms with E-state index in [2.05, 4.69) is 10.3 Å². The molecule has 2 aromatic carbocycles. The minimum atomic E-state index is -0.689. The first kappa shape index (κ1) is 16.1. The van der Waals surface area contributed by atoms with Gasteiger partial charge in [0.05, 0.1) is 17.8 Å². The fraction of sp³-hybridized carbons (Fsp3) is 0.0588. The minimum Gasteiger partial charge on any atom is -0.399 e. The number of hydrogen-bond acceptors (Lipinski definition) is 4. The number of carbonyl (C=O) groups is 1. The van der Waals surface area contributed by atoms with Crippen LogP contribution in [0.15, 0.2) is 47.8 Å². The van der Waals surface area contributed by atoms with E-state index in [9.17, 15) is 13.6 Å². The summed E-state index contributed by atoms with van der Waals surface area (Å²) >= 11 is 1.40. The number of nitrogens with one attached hydrogen (secondary N) is 1. The maximum Gasteiger partial charge on any atom is 0.230 e. The molecule has 4 nitrogen and oxygen atoms in total. The molecule has 3 rings (SSSR count). The molecule has 0 aliphatic rings. The van der Waals surface area contributed by atoms with E-state index in [-0.39, 0.29) is 12.1 Å². The van der Waals surface area contributed by atoms with Crippen molar-refractivity contribution in [1.29, 1.82) is 0 Å². The third kappa shape index (κ3) is 3.75. The summed E-state index contributed by atoms with van der Waals surface area (Å²) in [6.07, 6.45) is -0.0264. The molecule has 0 saturated carbocycles. The minimum absolute atomic E-state index is 0.0264. The monoisotopic (exact) mass is 345 g/mol. The first-order chi connectivity index (χ1) is 11.5. The maximum atomic E-state index is 13.5. The van der Waals surface area contributed by atoms with E-state index < -0.39 is 17.5 Å². The van der Waals surface area contributed by atoms with Gasteiger partial charge in [-0.1, -0.05) is 0 Å². The quantitative estimate of drug-likeness (QED) is 0.706. The number of rotatable bonds is 4. The van der Waals surface area contributed by atoms with Gasteiger partial charge in [0.25, 0.3) is 0 Å². The van der Waals surface area contributed by atoms with Crippen LogP contribution < -0.4 is 11.1 Å². The average molecular weight is 345 g/mol. The zero-order chi connectivity index (χ0) is 17.1. The molecule has 0 fully saturated rings. The Hall–Kier alpha value is -2.80. The highest BCUT2D eigenvalue weighted by Crippen LogP contribution is 2.25. The normalized spacial score (nSPS) is 10.6. The predicted octanol–water partition coefficient (Wildman–Crippen LogP) is 3.85. The van der Waals surface area contributed by atoms with Crippen molar-refractivity contribution in [2.24, 2.45) is 0 Å². The first-order valence-electron chi connectivity index (χ1n) is 7.06. The molecule has 0 bridgehead atoms. The smallest absolute Gasteiger partial charge is 0.230 e. The second-order valence-corrected chi connectivity index (χ2v) is 5.97. The van der Waals surface area contributed by atoms with Crippen LogP contribution in [-0.2, 0) is 11.2 Å². The Morgan fingerprint density at radius 3 is 2.67 bits per heavy atom. The molecule has 3 N–H and O–H groups in total. The summed E-state index contributed by atoms with van der Waals surface area (Å²) < 4.78 is 26.6. The average Bonchev–Trinajstić information content (AvgIpc) is 3.00. The van der Waals surface area contributed by atoms with Gasteiger partial charge in [-0.15, -0.1) is 11.3 Å². The number of benzene rings is 2. The zero-order valence-electron chi connectivity index (χ0n) is 12.4. The Balaban J connectivity index is 1.69. The highest BCUT2D eigenvalue weighted by Gasteiger charge is 2.12. The standard InChI is InChI=1S/C17H13F2N3OS/c18-11-3-6-14(19)15(7-11)22-16(23)8-13-9-24-17(21-13)10-1-4-12(20)5-2-10/h1-7,9H,8,20H2,(H,22,23). The molecule has 0 atom stereocenters. The summed E-state index contributed by atoms with van der Waals surface area (Å²) in [7, 11) is 0. The number of halogens is 2. The molecule has 0 saturated heterocycles. The van der Waals surface area contributed by atoms with E-state index in [0.717, 1.165) is 28.8 Å². The van der Waals surface area contributed by atoms with Gasteiger partial charge in [-0.25, -0.2) is 13.8 Å². The van der Waals surface area contributed by atoms with E-state index in [4.69, 9.17) is 5.73 Å². The summed E-state index contributed by atoms with van der Waals surface area (Å²) in [5.74, 6) is -1.77. The molecule has 0 spiro atoms. The molecular weight excluding hydrogens is 332 g/mol. The molecule has 1 heterocycles. The fourth-order valence-electron chi connectivity index (χ4n) is 2.10. The summed E-state index contributed by atoms with van der Waals surface area (Å²) in [4.78, 5) is 16.4. The number of hydrogen-bond donors (Lipinski definition) is 2. The second-order valence-electron chi connectivity index (χ2n) is 5.12. The Bertz CT molecular complexity index is 878. The fourth-order valence-corrected chi connectivity index (χ4v) is 2.92. The van der Waals surface area contributed by atoms with Gasteiger partial charge >= 0.3 is 0 Å². The van der Waals surface area contributed by atoms with Crippen molar-refractivity contribution in [2.75, 3.05) is 11.1 Å². The van der Waals surface area contributed by atoms with Crippen molar-refractivity contribution in [3.63, 3.8) is 0 Å². The number of nitrogens with two attached hydrogens (primary N) is 1. The summed E-state index contributed by atoms with van der Waals surface area (Å²) in [5, 5.41) is 4.87. The summed E-state index contributed by atoms with van der Waals surface area (Å²) in [6, 6.07) is 10.1. The molecule has 0 radical (unpaired) electrons. The van der Waals surface area contributed by atoms with Gasteiger partial charge in [-0.05, 0) is 36.4 Å². The summed E-state index contributed by atoms with van der Waals surface area (Å²) in [5.41, 5.74) is 7.57. The lowest BCUT2D eigenvalue weighted by Crippen LogP contribution is -2.15. The van der Waals surface area contributed by atoms with Gasteiger partial charge in [0.15, 0.2) is 0 Å². The Kier molecular flexibility index (Phi) is 4.52. The van der Waals surface area contributed by atoms with Crippen molar-refractivity contribution < 1.29 is 13.6 Å². The highest BCUT2D eigenvalue weighted by molar-refractivity contribution is 7.13. The van der Waals surface area contributed by atoms with Crippen LogP contribution >= 0.6 is 11.3 Å². The summed E-state index contributed by atoms with van der Waals surface area (Å²) in [6.45, 7) is 0. The molecule has 0 unspecified atom stereocenters. The van der Waals surface area contributed by atoms with Crippen LogP contribution in [0.1, 0.15) is 5.69 Å². The number of thiazole rings is 1. The van der Waals surface area contributed by atoms with Gasteiger partial charge in [-0.2, -0.15) is 0 Å². The van der Waals surface area contributed by atoms with Crippen LogP contribution in [0.25, 0.3) is 10.6 Å². The molecule has 0 aliphatic carbocycles. The van der Waals surface area contributed by atoms with Crippen molar-refractivity contribution in [3.8, 4) is 10.6 Å². The van der Waals surface area contributed by atoms with Crippen LogP contribution in [0.5, 0.6) is 0 Å². The molecule has 24 heavy (non-hydrogen) atoms. The highest BCUT2D eigenvalue weighted by atomic mass is 32.1. The molecular formula is C17H13F2N3OS. The zero-order valence-corrected chi connectivity index (χ0v) is 13.2. The van der Waals surface area contributed by atoms with Crippen molar-refractivity contribution in [1.82, 2.24) is 4.98 Å². The third-order valence-electron chi connectivity index (χ3n) is 3.25. The van der Waals surface area contributed by atoms with Crippen LogP contribution in [0.4, 0.5) is 20.2 Å². The first-order valence-corrected chi connectivity index (χ1v) is 7.94. The third-order valence-corrected chi connectivity index (χ3v) is 4.19. The van der Waals surface area contributed by atoms with Gasteiger partial charge in [0.2, 0.25) is 5.91 Å². The maximum absolute atomic E-state index is 13.5. The largest absolute Gasteiger partial charge is 0.399 e. The molecule has 0 aliphatic heterocycles. The number of carbonyl (C=O) groups excluding carboxylic acids is 1.